The molecule has 0 atom stereocenters. The lowest BCUT2D eigenvalue weighted by Gasteiger charge is -2.14. The Morgan fingerprint density at radius 1 is 0.857 bits per heavy atom. The van der Waals surface area contributed by atoms with E-state index < -0.39 is 0 Å². The second kappa shape index (κ2) is 8.04. The Balaban J connectivity index is 2.28. The van der Waals surface area contributed by atoms with Crippen LogP contribution in [0.15, 0.2) is 33.2 Å². The van der Waals surface area contributed by atoms with E-state index in [2.05, 4.69) is 44.8 Å². The molecule has 2 rings (SSSR count). The minimum atomic E-state index is 0.746. The summed E-state index contributed by atoms with van der Waals surface area (Å²) in [7, 11) is 1.69. The van der Waals surface area contributed by atoms with Gasteiger partial charge in [0.25, 0.3) is 0 Å². The van der Waals surface area contributed by atoms with Crippen LogP contribution in [-0.4, -0.2) is 13.7 Å². The van der Waals surface area contributed by atoms with Crippen molar-refractivity contribution in [1.29, 1.82) is 0 Å². The van der Waals surface area contributed by atoms with E-state index in [1.807, 2.05) is 18.2 Å². The van der Waals surface area contributed by atoms with Crippen molar-refractivity contribution in [3.05, 3.63) is 33.2 Å². The van der Waals surface area contributed by atoms with E-state index >= 15 is 0 Å². The number of ether oxygens (including phenoxy) is 2. The minimum absolute atomic E-state index is 0.746. The number of rotatable bonds is 7. The summed E-state index contributed by atoms with van der Waals surface area (Å²) in [6.07, 6.45) is 4.81. The average Bonchev–Trinajstić information content (AvgIpc) is 2.49. The second-order valence-corrected chi connectivity index (χ2v) is 6.67. The van der Waals surface area contributed by atoms with E-state index in [0.29, 0.717) is 0 Å². The van der Waals surface area contributed by atoms with Crippen molar-refractivity contribution in [2.45, 2.75) is 32.6 Å². The molecule has 2 aromatic carbocycles. The van der Waals surface area contributed by atoms with Gasteiger partial charge in [0.05, 0.1) is 22.7 Å². The van der Waals surface area contributed by atoms with E-state index in [4.69, 9.17) is 9.47 Å². The van der Waals surface area contributed by atoms with Gasteiger partial charge in [0.1, 0.15) is 11.5 Å². The number of hydrogen-bond donors (Lipinski definition) is 0. The summed E-state index contributed by atoms with van der Waals surface area (Å²) in [5, 5.41) is 2.12. The lowest BCUT2D eigenvalue weighted by molar-refractivity contribution is 0.306. The fourth-order valence-corrected chi connectivity index (χ4v) is 3.32. The lowest BCUT2D eigenvalue weighted by atomic mass is 10.1. The molecule has 0 spiro atoms. The van der Waals surface area contributed by atoms with Gasteiger partial charge in [0.15, 0.2) is 0 Å². The molecule has 0 radical (unpaired) electrons. The Hall–Kier alpha value is -0.740. The van der Waals surface area contributed by atoms with Crippen molar-refractivity contribution >= 4 is 42.6 Å². The van der Waals surface area contributed by atoms with Crippen LogP contribution in [-0.2, 0) is 0 Å². The molecule has 0 saturated carbocycles. The molecule has 0 aliphatic carbocycles. The lowest BCUT2D eigenvalue weighted by Crippen LogP contribution is -1.99. The first-order valence-electron chi connectivity index (χ1n) is 7.26. The molecule has 114 valence electrons. The molecule has 0 aliphatic heterocycles. The second-order valence-electron chi connectivity index (χ2n) is 4.96. The Bertz CT molecular complexity index is 611. The van der Waals surface area contributed by atoms with Gasteiger partial charge in [-0.25, -0.2) is 0 Å². The van der Waals surface area contributed by atoms with Gasteiger partial charge in [-0.05, 0) is 62.5 Å². The van der Waals surface area contributed by atoms with Crippen LogP contribution in [0.1, 0.15) is 32.6 Å². The maximum Gasteiger partial charge on any atom is 0.141 e. The smallest absolute Gasteiger partial charge is 0.141 e. The average molecular weight is 416 g/mol. The molecule has 4 heteroatoms. The minimum Gasteiger partial charge on any atom is -0.495 e. The Morgan fingerprint density at radius 2 is 1.48 bits per heavy atom. The van der Waals surface area contributed by atoms with Crippen molar-refractivity contribution in [3.63, 3.8) is 0 Å². The van der Waals surface area contributed by atoms with Crippen LogP contribution in [0.25, 0.3) is 10.8 Å². The molecule has 0 saturated heterocycles. The van der Waals surface area contributed by atoms with E-state index in [-0.39, 0.29) is 0 Å². The van der Waals surface area contributed by atoms with Crippen molar-refractivity contribution in [1.82, 2.24) is 0 Å². The highest BCUT2D eigenvalue weighted by atomic mass is 79.9. The summed E-state index contributed by atoms with van der Waals surface area (Å²) in [5.74, 6) is 1.74. The standard InChI is InChI=1S/C17H20Br2O2/c1-3-4-5-6-11-21-17-13-8-9-14(18)16(20-2)12(13)7-10-15(17)19/h7-10H,3-6,11H2,1-2H3. The van der Waals surface area contributed by atoms with Crippen LogP contribution in [0.5, 0.6) is 11.5 Å². The molecule has 0 heterocycles. The maximum atomic E-state index is 6.02. The summed E-state index contributed by atoms with van der Waals surface area (Å²) < 4.78 is 13.4. The summed E-state index contributed by atoms with van der Waals surface area (Å²) in [6, 6.07) is 8.12. The third-order valence-electron chi connectivity index (χ3n) is 3.45. The zero-order chi connectivity index (χ0) is 15.2. The van der Waals surface area contributed by atoms with E-state index in [9.17, 15) is 0 Å². The third-order valence-corrected chi connectivity index (χ3v) is 4.70. The van der Waals surface area contributed by atoms with Crippen LogP contribution < -0.4 is 9.47 Å². The predicted octanol–water partition coefficient (Wildman–Crippen LogP) is 6.33. The highest BCUT2D eigenvalue weighted by molar-refractivity contribution is 9.11. The van der Waals surface area contributed by atoms with E-state index in [1.54, 1.807) is 7.11 Å². The maximum absolute atomic E-state index is 6.02. The van der Waals surface area contributed by atoms with Gasteiger partial charge in [-0.3, -0.25) is 0 Å². The normalized spacial score (nSPS) is 10.9. The molecular weight excluding hydrogens is 396 g/mol. The molecule has 21 heavy (non-hydrogen) atoms. The molecule has 0 aliphatic rings. The Labute approximate surface area is 143 Å². The number of methoxy groups -OCH3 is 1. The topological polar surface area (TPSA) is 18.5 Å². The SMILES string of the molecule is CCCCCCOc1c(Br)ccc2c(OC)c(Br)ccc12. The summed E-state index contributed by atoms with van der Waals surface area (Å²) in [4.78, 5) is 0. The predicted molar refractivity (Wildman–Crippen MR) is 95.5 cm³/mol. The molecule has 2 aromatic rings. The van der Waals surface area contributed by atoms with E-state index in [0.717, 1.165) is 44.2 Å². The first-order valence-corrected chi connectivity index (χ1v) is 8.85. The number of hydrogen-bond acceptors (Lipinski definition) is 2. The zero-order valence-corrected chi connectivity index (χ0v) is 15.6. The van der Waals surface area contributed by atoms with E-state index in [1.165, 1.54) is 19.3 Å². The quantitative estimate of drug-likeness (QED) is 0.491. The first kappa shape index (κ1) is 16.6. The van der Waals surface area contributed by atoms with Crippen LogP contribution >= 0.6 is 31.9 Å². The molecular formula is C17H20Br2O2. The number of unbranched alkanes of at least 4 members (excludes halogenated alkanes) is 3. The van der Waals surface area contributed by atoms with Crippen LogP contribution in [0.3, 0.4) is 0 Å². The molecule has 0 fully saturated rings. The molecule has 0 aromatic heterocycles. The Morgan fingerprint density at radius 3 is 2.10 bits per heavy atom. The molecule has 0 unspecified atom stereocenters. The summed E-state index contributed by atoms with van der Waals surface area (Å²) >= 11 is 7.11. The molecule has 0 amide bonds. The van der Waals surface area contributed by atoms with Gasteiger partial charge < -0.3 is 9.47 Å². The monoisotopic (exact) mass is 414 g/mol. The fourth-order valence-electron chi connectivity index (χ4n) is 2.35. The van der Waals surface area contributed by atoms with Crippen molar-refractivity contribution in [3.8, 4) is 11.5 Å². The summed E-state index contributed by atoms with van der Waals surface area (Å²) in [6.45, 7) is 2.96. The molecule has 0 N–H and O–H groups in total. The summed E-state index contributed by atoms with van der Waals surface area (Å²) in [5.41, 5.74) is 0. The van der Waals surface area contributed by atoms with Gasteiger partial charge >= 0.3 is 0 Å². The zero-order valence-electron chi connectivity index (χ0n) is 12.4. The van der Waals surface area contributed by atoms with Gasteiger partial charge in [0, 0.05) is 10.8 Å². The van der Waals surface area contributed by atoms with Gasteiger partial charge in [-0.2, -0.15) is 0 Å². The first-order chi connectivity index (χ1) is 10.2. The highest BCUT2D eigenvalue weighted by Crippen LogP contribution is 2.41. The van der Waals surface area contributed by atoms with Crippen molar-refractivity contribution in [2.24, 2.45) is 0 Å². The Kier molecular flexibility index (Phi) is 6.37. The van der Waals surface area contributed by atoms with Gasteiger partial charge in [-0.1, -0.05) is 26.2 Å². The van der Waals surface area contributed by atoms with Gasteiger partial charge in [-0.15, -0.1) is 0 Å². The molecule has 0 bridgehead atoms. The number of fused-ring (bicyclic) bond motifs is 1. The van der Waals surface area contributed by atoms with Crippen molar-refractivity contribution in [2.75, 3.05) is 13.7 Å². The largest absolute Gasteiger partial charge is 0.495 e. The van der Waals surface area contributed by atoms with Gasteiger partial charge in [0.2, 0.25) is 0 Å². The highest BCUT2D eigenvalue weighted by Gasteiger charge is 2.12. The van der Waals surface area contributed by atoms with Crippen LogP contribution in [0.4, 0.5) is 0 Å². The third kappa shape index (κ3) is 3.92. The van der Waals surface area contributed by atoms with Crippen LogP contribution in [0.2, 0.25) is 0 Å². The fraction of sp³-hybridized carbons (Fsp3) is 0.412. The number of halogens is 2. The van der Waals surface area contributed by atoms with Crippen LogP contribution in [0, 0.1) is 0 Å². The van der Waals surface area contributed by atoms with Crippen molar-refractivity contribution < 1.29 is 9.47 Å². The number of benzene rings is 2. The molecule has 2 nitrogen and oxygen atoms in total.